The Labute approximate surface area is 83.1 Å². The maximum absolute atomic E-state index is 11.4. The lowest BCUT2D eigenvalue weighted by Gasteiger charge is -2.30. The van der Waals surface area contributed by atoms with Gasteiger partial charge in [-0.25, -0.2) is 4.72 Å². The van der Waals surface area contributed by atoms with E-state index in [1.54, 1.807) is 0 Å². The van der Waals surface area contributed by atoms with Crippen molar-refractivity contribution in [2.75, 3.05) is 19.6 Å². The zero-order valence-electron chi connectivity index (χ0n) is 7.93. The molecule has 0 saturated carbocycles. The summed E-state index contributed by atoms with van der Waals surface area (Å²) in [4.78, 5) is 10.7. The summed E-state index contributed by atoms with van der Waals surface area (Å²) in [6, 6.07) is 0. The van der Waals surface area contributed by atoms with Crippen LogP contribution in [0.4, 0.5) is 0 Å². The van der Waals surface area contributed by atoms with E-state index in [4.69, 9.17) is 5.11 Å². The molecule has 82 valence electrons. The van der Waals surface area contributed by atoms with Gasteiger partial charge in [0.05, 0.1) is 5.92 Å². The van der Waals surface area contributed by atoms with Crippen LogP contribution in [-0.2, 0) is 15.0 Å². The minimum absolute atomic E-state index is 0.0160. The standard InChI is InChI=1S/C7H14N2O4S/c1-2-3-9-5-6(7(10)11)4-8-14(9,12)13/h6,8H,2-5H2,1H3,(H,10,11). The Morgan fingerprint density at radius 1 is 1.64 bits per heavy atom. The van der Waals surface area contributed by atoms with Gasteiger partial charge in [0.2, 0.25) is 0 Å². The predicted octanol–water partition coefficient (Wildman–Crippen LogP) is -0.753. The number of nitrogens with one attached hydrogen (secondary N) is 1. The van der Waals surface area contributed by atoms with E-state index in [-0.39, 0.29) is 13.1 Å². The highest BCUT2D eigenvalue weighted by Gasteiger charge is 2.33. The van der Waals surface area contributed by atoms with Gasteiger partial charge in [-0.15, -0.1) is 0 Å². The number of hydrogen-bond donors (Lipinski definition) is 2. The van der Waals surface area contributed by atoms with Gasteiger partial charge in [0.25, 0.3) is 10.2 Å². The molecule has 2 N–H and O–H groups in total. The highest BCUT2D eigenvalue weighted by atomic mass is 32.2. The molecule has 1 saturated heterocycles. The van der Waals surface area contributed by atoms with Gasteiger partial charge in [-0.1, -0.05) is 6.92 Å². The number of hydrogen-bond acceptors (Lipinski definition) is 3. The smallest absolute Gasteiger partial charge is 0.309 e. The first-order chi connectivity index (χ1) is 6.47. The molecule has 0 amide bonds. The zero-order valence-corrected chi connectivity index (χ0v) is 8.75. The van der Waals surface area contributed by atoms with Gasteiger partial charge in [0, 0.05) is 19.6 Å². The van der Waals surface area contributed by atoms with Gasteiger partial charge >= 0.3 is 5.97 Å². The number of carboxylic acids is 1. The van der Waals surface area contributed by atoms with Crippen molar-refractivity contribution in [3.05, 3.63) is 0 Å². The Kier molecular flexibility index (Phi) is 3.46. The van der Waals surface area contributed by atoms with E-state index in [0.717, 1.165) is 0 Å². The first-order valence-corrected chi connectivity index (χ1v) is 5.89. The van der Waals surface area contributed by atoms with Crippen LogP contribution in [0.2, 0.25) is 0 Å². The zero-order chi connectivity index (χ0) is 10.8. The number of rotatable bonds is 3. The summed E-state index contributed by atoms with van der Waals surface area (Å²) in [5, 5.41) is 8.73. The largest absolute Gasteiger partial charge is 0.481 e. The molecule has 0 bridgehead atoms. The average molecular weight is 222 g/mol. The number of aliphatic carboxylic acids is 1. The normalized spacial score (nSPS) is 27.4. The van der Waals surface area contributed by atoms with Crippen molar-refractivity contribution in [1.29, 1.82) is 0 Å². The lowest BCUT2D eigenvalue weighted by molar-refractivity contribution is -0.141. The summed E-state index contributed by atoms with van der Waals surface area (Å²) >= 11 is 0. The topological polar surface area (TPSA) is 86.7 Å². The molecule has 1 heterocycles. The van der Waals surface area contributed by atoms with Crippen LogP contribution in [0.15, 0.2) is 0 Å². The Morgan fingerprint density at radius 2 is 2.29 bits per heavy atom. The lowest BCUT2D eigenvalue weighted by atomic mass is 10.1. The molecule has 1 rings (SSSR count). The third-order valence-electron chi connectivity index (χ3n) is 2.10. The SMILES string of the molecule is CCCN1CC(C(=O)O)CNS1(=O)=O. The second-order valence-corrected chi connectivity index (χ2v) is 5.00. The van der Waals surface area contributed by atoms with Crippen LogP contribution in [0.3, 0.4) is 0 Å². The molecule has 14 heavy (non-hydrogen) atoms. The van der Waals surface area contributed by atoms with Gasteiger partial charge < -0.3 is 5.11 Å². The quantitative estimate of drug-likeness (QED) is 0.657. The highest BCUT2D eigenvalue weighted by Crippen LogP contribution is 2.11. The molecular formula is C7H14N2O4S. The molecule has 1 atom stereocenters. The Morgan fingerprint density at radius 3 is 2.79 bits per heavy atom. The molecule has 6 nitrogen and oxygen atoms in total. The minimum Gasteiger partial charge on any atom is -0.481 e. The van der Waals surface area contributed by atoms with E-state index in [1.165, 1.54) is 4.31 Å². The number of carbonyl (C=O) groups is 1. The predicted molar refractivity (Wildman–Crippen MR) is 49.9 cm³/mol. The van der Waals surface area contributed by atoms with Gasteiger partial charge in [0.15, 0.2) is 0 Å². The maximum Gasteiger partial charge on any atom is 0.309 e. The monoisotopic (exact) mass is 222 g/mol. The number of carboxylic acid groups (broad SMARTS) is 1. The van der Waals surface area contributed by atoms with Crippen LogP contribution in [0.5, 0.6) is 0 Å². The van der Waals surface area contributed by atoms with Crippen molar-refractivity contribution in [2.45, 2.75) is 13.3 Å². The minimum atomic E-state index is -3.43. The molecule has 1 aliphatic rings. The lowest BCUT2D eigenvalue weighted by Crippen LogP contribution is -2.53. The average Bonchev–Trinajstić information content (AvgIpc) is 2.08. The van der Waals surface area contributed by atoms with E-state index in [9.17, 15) is 13.2 Å². The molecule has 1 aliphatic heterocycles. The van der Waals surface area contributed by atoms with E-state index in [0.29, 0.717) is 13.0 Å². The molecule has 0 aliphatic carbocycles. The van der Waals surface area contributed by atoms with Crippen molar-refractivity contribution in [1.82, 2.24) is 9.03 Å². The molecular weight excluding hydrogens is 208 g/mol. The number of nitrogens with zero attached hydrogens (tertiary/aromatic N) is 1. The second-order valence-electron chi connectivity index (χ2n) is 3.25. The van der Waals surface area contributed by atoms with Crippen LogP contribution < -0.4 is 4.72 Å². The van der Waals surface area contributed by atoms with E-state index in [2.05, 4.69) is 4.72 Å². The van der Waals surface area contributed by atoms with Crippen LogP contribution >= 0.6 is 0 Å². The van der Waals surface area contributed by atoms with Crippen LogP contribution in [-0.4, -0.2) is 43.4 Å². The second kappa shape index (κ2) is 4.24. The van der Waals surface area contributed by atoms with Crippen molar-refractivity contribution in [3.63, 3.8) is 0 Å². The van der Waals surface area contributed by atoms with Crippen LogP contribution in [0.1, 0.15) is 13.3 Å². The highest BCUT2D eigenvalue weighted by molar-refractivity contribution is 7.87. The van der Waals surface area contributed by atoms with Gasteiger partial charge in [0.1, 0.15) is 0 Å². The summed E-state index contributed by atoms with van der Waals surface area (Å²) < 4.78 is 26.1. The third-order valence-corrected chi connectivity index (χ3v) is 3.64. The summed E-state index contributed by atoms with van der Waals surface area (Å²) in [6.45, 7) is 2.26. The molecule has 1 fully saturated rings. The van der Waals surface area contributed by atoms with Gasteiger partial charge in [-0.05, 0) is 6.42 Å². The van der Waals surface area contributed by atoms with Crippen molar-refractivity contribution < 1.29 is 18.3 Å². The Balaban J connectivity index is 2.72. The van der Waals surface area contributed by atoms with E-state index in [1.807, 2.05) is 6.92 Å². The van der Waals surface area contributed by atoms with Crippen molar-refractivity contribution >= 4 is 16.2 Å². The molecule has 0 spiro atoms. The Bertz CT molecular complexity index is 314. The maximum atomic E-state index is 11.4. The molecule has 7 heteroatoms. The fourth-order valence-electron chi connectivity index (χ4n) is 1.33. The van der Waals surface area contributed by atoms with E-state index < -0.39 is 22.1 Å². The molecule has 0 radical (unpaired) electrons. The summed E-state index contributed by atoms with van der Waals surface area (Å²) in [6.07, 6.45) is 0.674. The molecule has 0 aromatic heterocycles. The summed E-state index contributed by atoms with van der Waals surface area (Å²) in [5.41, 5.74) is 0. The first-order valence-electron chi connectivity index (χ1n) is 4.45. The summed E-state index contributed by atoms with van der Waals surface area (Å²) in [5.74, 6) is -1.61. The molecule has 0 aromatic rings. The first kappa shape index (κ1) is 11.4. The summed E-state index contributed by atoms with van der Waals surface area (Å²) in [7, 11) is -3.43. The van der Waals surface area contributed by atoms with Crippen LogP contribution in [0.25, 0.3) is 0 Å². The van der Waals surface area contributed by atoms with E-state index >= 15 is 0 Å². The fraction of sp³-hybridized carbons (Fsp3) is 0.857. The van der Waals surface area contributed by atoms with Crippen molar-refractivity contribution in [2.24, 2.45) is 5.92 Å². The molecule has 0 aromatic carbocycles. The van der Waals surface area contributed by atoms with Gasteiger partial charge in [-0.3, -0.25) is 4.79 Å². The molecule has 1 unspecified atom stereocenters. The fourth-order valence-corrected chi connectivity index (χ4v) is 2.73. The van der Waals surface area contributed by atoms with Gasteiger partial charge in [-0.2, -0.15) is 12.7 Å². The van der Waals surface area contributed by atoms with Crippen molar-refractivity contribution in [3.8, 4) is 0 Å². The third kappa shape index (κ3) is 2.43. The van der Waals surface area contributed by atoms with Crippen LogP contribution in [0, 0.1) is 5.92 Å². The Hall–Kier alpha value is -0.660.